The summed E-state index contributed by atoms with van der Waals surface area (Å²) >= 11 is 0. The van der Waals surface area contributed by atoms with Crippen molar-refractivity contribution in [1.29, 1.82) is 0 Å². The Labute approximate surface area is 118 Å². The summed E-state index contributed by atoms with van der Waals surface area (Å²) in [7, 11) is 0.586. The number of fused-ring (bicyclic) bond motifs is 1. The lowest BCUT2D eigenvalue weighted by Crippen LogP contribution is -2.06. The summed E-state index contributed by atoms with van der Waals surface area (Å²) in [6, 6.07) is 7.09. The summed E-state index contributed by atoms with van der Waals surface area (Å²) in [5.74, 6) is 0.446. The normalized spacial score (nSPS) is 12.8. The zero-order valence-electron chi connectivity index (χ0n) is 10.9. The minimum Gasteiger partial charge on any atom is -0.430 e. The summed E-state index contributed by atoms with van der Waals surface area (Å²) in [6.07, 6.45) is 2.38. The van der Waals surface area contributed by atoms with Crippen LogP contribution in [-0.4, -0.2) is 24.7 Å². The van der Waals surface area contributed by atoms with E-state index < -0.39 is 10.8 Å². The highest BCUT2D eigenvalue weighted by molar-refractivity contribution is 7.84. The molecule has 0 radical (unpaired) electrons. The van der Waals surface area contributed by atoms with E-state index in [9.17, 15) is 4.21 Å². The van der Waals surface area contributed by atoms with E-state index in [-0.39, 0.29) is 5.22 Å². The predicted octanol–water partition coefficient (Wildman–Crippen LogP) is 1.49. The minimum atomic E-state index is -1.28. The molecule has 20 heavy (non-hydrogen) atoms. The number of nitrogen functional groups attached to an aromatic ring is 1. The van der Waals surface area contributed by atoms with Crippen molar-refractivity contribution in [3.05, 3.63) is 36.2 Å². The van der Waals surface area contributed by atoms with E-state index in [1.54, 1.807) is 29.1 Å². The van der Waals surface area contributed by atoms with Crippen molar-refractivity contribution >= 4 is 27.6 Å². The van der Waals surface area contributed by atoms with E-state index >= 15 is 0 Å². The van der Waals surface area contributed by atoms with Crippen LogP contribution in [0.5, 0.6) is 0 Å². The van der Waals surface area contributed by atoms with E-state index in [2.05, 4.69) is 10.1 Å². The summed E-state index contributed by atoms with van der Waals surface area (Å²) < 4.78 is 19.5. The number of anilines is 1. The second kappa shape index (κ2) is 5.09. The lowest BCUT2D eigenvalue weighted by Gasteiger charge is -1.99. The third kappa shape index (κ3) is 2.44. The topological polar surface area (TPSA) is 86.9 Å². The monoisotopic (exact) mass is 290 g/mol. The van der Waals surface area contributed by atoms with Crippen LogP contribution in [-0.2, 0) is 24.3 Å². The molecular formula is C13H14N4O2S. The molecular weight excluding hydrogens is 276 g/mol. The molecule has 0 amide bonds. The molecule has 0 aliphatic heterocycles. The second-order valence-electron chi connectivity index (χ2n) is 4.45. The molecule has 1 atom stereocenters. The lowest BCUT2D eigenvalue weighted by molar-refractivity contribution is 0.477. The first kappa shape index (κ1) is 12.9. The van der Waals surface area contributed by atoms with Crippen LogP contribution in [0.4, 0.5) is 5.69 Å². The van der Waals surface area contributed by atoms with Gasteiger partial charge in [-0.25, -0.2) is 9.19 Å². The number of hydrogen-bond acceptors (Lipinski definition) is 5. The van der Waals surface area contributed by atoms with Crippen LogP contribution in [0.25, 0.3) is 11.1 Å². The fraction of sp³-hybridized carbons (Fsp3) is 0.231. The standard InChI is InChI=1S/C13H14N4O2S/c1-17-10(4-6-15-17)5-7-20(18)13-16-11-3-2-9(14)8-12(11)19-13/h2-4,6,8H,5,7,14H2,1H3. The van der Waals surface area contributed by atoms with Gasteiger partial charge in [-0.2, -0.15) is 5.10 Å². The number of aryl methyl sites for hydroxylation is 2. The summed E-state index contributed by atoms with van der Waals surface area (Å²) in [5, 5.41) is 4.32. The van der Waals surface area contributed by atoms with Crippen molar-refractivity contribution in [2.75, 3.05) is 11.5 Å². The van der Waals surface area contributed by atoms with E-state index in [1.807, 2.05) is 13.1 Å². The van der Waals surface area contributed by atoms with Gasteiger partial charge in [0.05, 0.1) is 0 Å². The van der Waals surface area contributed by atoms with Crippen LogP contribution in [0.1, 0.15) is 5.69 Å². The molecule has 2 heterocycles. The van der Waals surface area contributed by atoms with Crippen molar-refractivity contribution in [2.24, 2.45) is 7.05 Å². The van der Waals surface area contributed by atoms with Crippen molar-refractivity contribution in [1.82, 2.24) is 14.8 Å². The molecule has 2 aromatic heterocycles. The van der Waals surface area contributed by atoms with Crippen molar-refractivity contribution < 1.29 is 8.63 Å². The maximum Gasteiger partial charge on any atom is 0.287 e. The average Bonchev–Trinajstić information content (AvgIpc) is 3.01. The van der Waals surface area contributed by atoms with Crippen LogP contribution in [0.15, 0.2) is 40.1 Å². The molecule has 3 rings (SSSR count). The van der Waals surface area contributed by atoms with E-state index in [0.29, 0.717) is 29.0 Å². The van der Waals surface area contributed by atoms with Gasteiger partial charge in [0.1, 0.15) is 16.3 Å². The number of nitrogens with two attached hydrogens (primary N) is 1. The smallest absolute Gasteiger partial charge is 0.287 e. The van der Waals surface area contributed by atoms with Crippen LogP contribution in [0.3, 0.4) is 0 Å². The van der Waals surface area contributed by atoms with Crippen molar-refractivity contribution in [2.45, 2.75) is 11.6 Å². The van der Waals surface area contributed by atoms with Crippen molar-refractivity contribution in [3.8, 4) is 0 Å². The lowest BCUT2D eigenvalue weighted by atomic mass is 10.3. The van der Waals surface area contributed by atoms with E-state index in [4.69, 9.17) is 10.2 Å². The quantitative estimate of drug-likeness (QED) is 0.736. The Balaban J connectivity index is 1.77. The first-order chi connectivity index (χ1) is 9.63. The van der Waals surface area contributed by atoms with Gasteiger partial charge in [-0.15, -0.1) is 0 Å². The Morgan fingerprint density at radius 2 is 2.25 bits per heavy atom. The highest BCUT2D eigenvalue weighted by Gasteiger charge is 2.13. The third-order valence-corrected chi connectivity index (χ3v) is 4.19. The molecule has 3 aromatic rings. The fourth-order valence-electron chi connectivity index (χ4n) is 1.95. The zero-order valence-corrected chi connectivity index (χ0v) is 11.8. The molecule has 0 saturated heterocycles. The molecule has 1 unspecified atom stereocenters. The van der Waals surface area contributed by atoms with Gasteiger partial charge in [0.15, 0.2) is 5.58 Å². The largest absolute Gasteiger partial charge is 0.430 e. The second-order valence-corrected chi connectivity index (χ2v) is 5.90. The van der Waals surface area contributed by atoms with Gasteiger partial charge < -0.3 is 10.2 Å². The summed E-state index contributed by atoms with van der Waals surface area (Å²) in [4.78, 5) is 4.23. The number of hydrogen-bond donors (Lipinski definition) is 1. The van der Waals surface area contributed by atoms with Crippen molar-refractivity contribution in [3.63, 3.8) is 0 Å². The number of oxazole rings is 1. The maximum atomic E-state index is 12.2. The summed E-state index contributed by atoms with van der Waals surface area (Å²) in [5.41, 5.74) is 8.53. The molecule has 6 nitrogen and oxygen atoms in total. The predicted molar refractivity (Wildman–Crippen MR) is 76.6 cm³/mol. The molecule has 2 N–H and O–H groups in total. The Morgan fingerprint density at radius 3 is 3.00 bits per heavy atom. The summed E-state index contributed by atoms with van der Waals surface area (Å²) in [6.45, 7) is 0. The van der Waals surface area contributed by atoms with Gasteiger partial charge >= 0.3 is 0 Å². The number of rotatable bonds is 4. The van der Waals surface area contributed by atoms with E-state index in [1.165, 1.54) is 0 Å². The van der Waals surface area contributed by atoms with Gasteiger partial charge in [-0.05, 0) is 18.2 Å². The van der Waals surface area contributed by atoms with Gasteiger partial charge in [0.2, 0.25) is 0 Å². The van der Waals surface area contributed by atoms with Crippen LogP contribution >= 0.6 is 0 Å². The third-order valence-electron chi connectivity index (χ3n) is 3.05. The molecule has 7 heteroatoms. The Kier molecular flexibility index (Phi) is 3.27. The van der Waals surface area contributed by atoms with Gasteiger partial charge in [0.25, 0.3) is 5.22 Å². The Bertz CT molecular complexity index is 778. The molecule has 0 aliphatic rings. The molecule has 104 valence electrons. The number of benzene rings is 1. The molecule has 0 spiro atoms. The molecule has 0 fully saturated rings. The van der Waals surface area contributed by atoms with E-state index in [0.717, 1.165) is 5.69 Å². The SMILES string of the molecule is Cn1nccc1CCS(=O)c1nc2ccc(N)cc2o1. The average molecular weight is 290 g/mol. The maximum absolute atomic E-state index is 12.2. The zero-order chi connectivity index (χ0) is 14.1. The first-order valence-electron chi connectivity index (χ1n) is 6.15. The van der Waals surface area contributed by atoms with Gasteiger partial charge in [0, 0.05) is 42.9 Å². The first-order valence-corrected chi connectivity index (χ1v) is 7.47. The number of nitrogens with zero attached hydrogens (tertiary/aromatic N) is 3. The molecule has 0 saturated carbocycles. The van der Waals surface area contributed by atoms with Gasteiger partial charge in [-0.3, -0.25) is 4.68 Å². The van der Waals surface area contributed by atoms with Crippen LogP contribution in [0.2, 0.25) is 0 Å². The fourth-order valence-corrected chi connectivity index (χ4v) is 2.90. The highest BCUT2D eigenvalue weighted by Crippen LogP contribution is 2.20. The highest BCUT2D eigenvalue weighted by atomic mass is 32.2. The Morgan fingerprint density at radius 1 is 1.40 bits per heavy atom. The Hall–Kier alpha value is -2.15. The van der Waals surface area contributed by atoms with Crippen LogP contribution < -0.4 is 5.73 Å². The molecule has 0 bridgehead atoms. The van der Waals surface area contributed by atoms with Gasteiger partial charge in [-0.1, -0.05) is 0 Å². The minimum absolute atomic E-state index is 0.243. The molecule has 0 aliphatic carbocycles. The number of aromatic nitrogens is 3. The van der Waals surface area contributed by atoms with Crippen LogP contribution in [0, 0.1) is 0 Å². The molecule has 1 aromatic carbocycles.